The fourth-order valence-corrected chi connectivity index (χ4v) is 3.22. The summed E-state index contributed by atoms with van der Waals surface area (Å²) in [5.41, 5.74) is 7.72. The second-order valence-corrected chi connectivity index (χ2v) is 7.29. The molecule has 0 radical (unpaired) electrons. The molecule has 0 spiro atoms. The van der Waals surface area contributed by atoms with Crippen LogP contribution in [0.4, 0.5) is 5.69 Å². The fraction of sp³-hybridized carbons (Fsp3) is 0.333. The second kappa shape index (κ2) is 4.89. The number of fused-ring (bicyclic) bond motifs is 3. The molecule has 1 aliphatic rings. The number of hydrogen-bond acceptors (Lipinski definition) is 4. The number of nitrogens with two attached hydrogens (primary N) is 1. The Morgan fingerprint density at radius 3 is 2.76 bits per heavy atom. The van der Waals surface area contributed by atoms with Crippen molar-refractivity contribution in [3.05, 3.63) is 35.9 Å². The van der Waals surface area contributed by atoms with Gasteiger partial charge in [0.2, 0.25) is 10.0 Å². The Bertz CT molecular complexity index is 802. The summed E-state index contributed by atoms with van der Waals surface area (Å²) in [6.07, 6.45) is 1.89. The Morgan fingerprint density at radius 1 is 1.29 bits per heavy atom. The Labute approximate surface area is 124 Å². The summed E-state index contributed by atoms with van der Waals surface area (Å²) >= 11 is 0. The smallest absolute Gasteiger partial charge is 0.229 e. The van der Waals surface area contributed by atoms with Crippen molar-refractivity contribution in [2.75, 3.05) is 11.0 Å². The van der Waals surface area contributed by atoms with Crippen molar-refractivity contribution in [3.63, 3.8) is 0 Å². The molecular formula is C15H18N2O3S. The molecule has 1 aliphatic heterocycles. The first kappa shape index (κ1) is 14.2. The molecule has 2 aromatic carbocycles. The van der Waals surface area contributed by atoms with Crippen LogP contribution in [0.5, 0.6) is 5.75 Å². The Balaban J connectivity index is 2.08. The van der Waals surface area contributed by atoms with Gasteiger partial charge in [0.25, 0.3) is 0 Å². The van der Waals surface area contributed by atoms with Gasteiger partial charge in [-0.05, 0) is 42.3 Å². The van der Waals surface area contributed by atoms with Crippen LogP contribution in [0.1, 0.15) is 12.5 Å². The van der Waals surface area contributed by atoms with Gasteiger partial charge in [-0.2, -0.15) is 0 Å². The maximum Gasteiger partial charge on any atom is 0.229 e. The third-order valence-corrected chi connectivity index (χ3v) is 4.35. The lowest BCUT2D eigenvalue weighted by atomic mass is 9.93. The number of benzene rings is 2. The van der Waals surface area contributed by atoms with Gasteiger partial charge < -0.3 is 10.5 Å². The summed E-state index contributed by atoms with van der Waals surface area (Å²) in [4.78, 5) is 0. The third-order valence-electron chi connectivity index (χ3n) is 3.75. The quantitative estimate of drug-likeness (QED) is 0.887. The number of sulfonamides is 1. The number of anilines is 1. The minimum absolute atomic E-state index is 0.00104. The van der Waals surface area contributed by atoms with E-state index in [2.05, 4.69) is 4.72 Å². The molecule has 0 aliphatic carbocycles. The third kappa shape index (κ3) is 2.82. The van der Waals surface area contributed by atoms with Crippen molar-refractivity contribution in [2.24, 2.45) is 5.73 Å². The van der Waals surface area contributed by atoms with Crippen LogP contribution in [0, 0.1) is 0 Å². The molecule has 2 atom stereocenters. The molecule has 0 fully saturated rings. The van der Waals surface area contributed by atoms with E-state index in [0.29, 0.717) is 5.69 Å². The normalized spacial score (nSPS) is 21.7. The van der Waals surface area contributed by atoms with Crippen molar-refractivity contribution in [3.8, 4) is 5.75 Å². The first-order chi connectivity index (χ1) is 9.83. The molecule has 1 heterocycles. The number of ether oxygens (including phenoxy) is 1. The Kier molecular flexibility index (Phi) is 3.30. The molecule has 112 valence electrons. The van der Waals surface area contributed by atoms with Gasteiger partial charge in [-0.25, -0.2) is 8.42 Å². The molecule has 2 unspecified atom stereocenters. The summed E-state index contributed by atoms with van der Waals surface area (Å²) in [5.74, 6) is 0.862. The number of nitrogens with one attached hydrogen (secondary N) is 1. The van der Waals surface area contributed by atoms with E-state index in [1.807, 2.05) is 31.2 Å². The zero-order valence-electron chi connectivity index (χ0n) is 12.0. The van der Waals surface area contributed by atoms with Crippen LogP contribution in [-0.4, -0.2) is 26.8 Å². The Hall–Kier alpha value is -1.79. The zero-order chi connectivity index (χ0) is 15.2. The van der Waals surface area contributed by atoms with Gasteiger partial charge >= 0.3 is 0 Å². The van der Waals surface area contributed by atoms with Crippen molar-refractivity contribution in [1.82, 2.24) is 0 Å². The van der Waals surface area contributed by atoms with E-state index in [1.165, 1.54) is 0 Å². The van der Waals surface area contributed by atoms with E-state index in [4.69, 9.17) is 10.5 Å². The van der Waals surface area contributed by atoms with Gasteiger partial charge in [0, 0.05) is 17.3 Å². The SMILES string of the molecule is CC1Oc2ccc3cc(NS(C)(=O)=O)ccc3c2CC1N. The molecule has 3 N–H and O–H groups in total. The van der Waals surface area contributed by atoms with Crippen molar-refractivity contribution >= 4 is 26.5 Å². The maximum atomic E-state index is 11.3. The van der Waals surface area contributed by atoms with Crippen LogP contribution in [0.25, 0.3) is 10.8 Å². The van der Waals surface area contributed by atoms with Crippen LogP contribution < -0.4 is 15.2 Å². The van der Waals surface area contributed by atoms with Crippen LogP contribution in [0.3, 0.4) is 0 Å². The van der Waals surface area contributed by atoms with E-state index in [-0.39, 0.29) is 12.1 Å². The van der Waals surface area contributed by atoms with Crippen LogP contribution in [-0.2, 0) is 16.4 Å². The molecular weight excluding hydrogens is 288 g/mol. The summed E-state index contributed by atoms with van der Waals surface area (Å²) in [6, 6.07) is 9.31. The molecule has 0 saturated heterocycles. The monoisotopic (exact) mass is 306 g/mol. The van der Waals surface area contributed by atoms with Gasteiger partial charge in [0.15, 0.2) is 0 Å². The molecule has 0 bridgehead atoms. The van der Waals surface area contributed by atoms with Gasteiger partial charge in [0.05, 0.1) is 6.26 Å². The minimum atomic E-state index is -3.27. The van der Waals surface area contributed by atoms with E-state index in [0.717, 1.165) is 34.8 Å². The molecule has 6 heteroatoms. The molecule has 0 amide bonds. The first-order valence-electron chi connectivity index (χ1n) is 6.79. The minimum Gasteiger partial charge on any atom is -0.489 e. The lowest BCUT2D eigenvalue weighted by molar-refractivity contribution is 0.170. The highest BCUT2D eigenvalue weighted by Gasteiger charge is 2.25. The van der Waals surface area contributed by atoms with Gasteiger partial charge in [-0.3, -0.25) is 4.72 Å². The lowest BCUT2D eigenvalue weighted by Crippen LogP contribution is -2.41. The van der Waals surface area contributed by atoms with E-state index >= 15 is 0 Å². The summed E-state index contributed by atoms with van der Waals surface area (Å²) < 4.78 is 30.9. The Morgan fingerprint density at radius 2 is 2.05 bits per heavy atom. The first-order valence-corrected chi connectivity index (χ1v) is 8.68. The van der Waals surface area contributed by atoms with Crippen LogP contribution in [0.15, 0.2) is 30.3 Å². The molecule has 0 saturated carbocycles. The largest absolute Gasteiger partial charge is 0.489 e. The molecule has 3 rings (SSSR count). The topological polar surface area (TPSA) is 81.4 Å². The summed E-state index contributed by atoms with van der Waals surface area (Å²) in [6.45, 7) is 1.97. The molecule has 21 heavy (non-hydrogen) atoms. The highest BCUT2D eigenvalue weighted by molar-refractivity contribution is 7.92. The van der Waals surface area contributed by atoms with Crippen molar-refractivity contribution < 1.29 is 13.2 Å². The standard InChI is InChI=1S/C15H18N2O3S/c1-9-14(16)8-13-12-5-4-11(17-21(2,18)19)7-10(12)3-6-15(13)20-9/h3-7,9,14,17H,8,16H2,1-2H3. The highest BCUT2D eigenvalue weighted by atomic mass is 32.2. The number of hydrogen-bond donors (Lipinski definition) is 2. The van der Waals surface area contributed by atoms with Gasteiger partial charge in [0.1, 0.15) is 11.9 Å². The zero-order valence-corrected chi connectivity index (χ0v) is 12.8. The van der Waals surface area contributed by atoms with E-state index in [9.17, 15) is 8.42 Å². The van der Waals surface area contributed by atoms with E-state index in [1.54, 1.807) is 6.07 Å². The van der Waals surface area contributed by atoms with Gasteiger partial charge in [-0.1, -0.05) is 12.1 Å². The van der Waals surface area contributed by atoms with Gasteiger partial charge in [-0.15, -0.1) is 0 Å². The number of rotatable bonds is 2. The average molecular weight is 306 g/mol. The molecule has 0 aromatic heterocycles. The predicted octanol–water partition coefficient (Wildman–Crippen LogP) is 1.86. The van der Waals surface area contributed by atoms with Crippen LogP contribution >= 0.6 is 0 Å². The summed E-state index contributed by atoms with van der Waals surface area (Å²) in [7, 11) is -3.27. The fourth-order valence-electron chi connectivity index (χ4n) is 2.66. The van der Waals surface area contributed by atoms with Crippen LogP contribution in [0.2, 0.25) is 0 Å². The second-order valence-electron chi connectivity index (χ2n) is 5.54. The maximum absolute atomic E-state index is 11.3. The molecule has 5 nitrogen and oxygen atoms in total. The predicted molar refractivity (Wildman–Crippen MR) is 84.2 cm³/mol. The lowest BCUT2D eigenvalue weighted by Gasteiger charge is -2.29. The summed E-state index contributed by atoms with van der Waals surface area (Å²) in [5, 5.41) is 2.02. The van der Waals surface area contributed by atoms with Crippen molar-refractivity contribution in [1.29, 1.82) is 0 Å². The average Bonchev–Trinajstić information content (AvgIpc) is 2.38. The highest BCUT2D eigenvalue weighted by Crippen LogP contribution is 2.34. The van der Waals surface area contributed by atoms with Crippen molar-refractivity contribution in [2.45, 2.75) is 25.5 Å². The van der Waals surface area contributed by atoms with E-state index < -0.39 is 10.0 Å². The molecule has 2 aromatic rings.